The molecule has 29 heavy (non-hydrogen) atoms. The van der Waals surface area contributed by atoms with Crippen LogP contribution >= 0.6 is 39.0 Å². The smallest absolute Gasteiger partial charge is 0.191 e. The SMILES string of the molecule is CC(C)C[C@H](CO)N(C)c1nc(SCCc2ccccc2Br)nc2nc(N)sc12. The van der Waals surface area contributed by atoms with E-state index < -0.39 is 0 Å². The largest absolute Gasteiger partial charge is 0.394 e. The van der Waals surface area contributed by atoms with E-state index >= 15 is 0 Å². The van der Waals surface area contributed by atoms with E-state index in [4.69, 9.17) is 10.7 Å². The Labute approximate surface area is 188 Å². The third-order valence-corrected chi connectivity index (χ3v) is 7.12. The van der Waals surface area contributed by atoms with Crippen LogP contribution in [-0.2, 0) is 6.42 Å². The summed E-state index contributed by atoms with van der Waals surface area (Å²) in [6.07, 6.45) is 1.78. The fourth-order valence-corrected chi connectivity index (χ4v) is 5.23. The fraction of sp³-hybridized carbons (Fsp3) is 0.450. The van der Waals surface area contributed by atoms with Crippen LogP contribution < -0.4 is 10.6 Å². The van der Waals surface area contributed by atoms with E-state index in [2.05, 4.69) is 51.9 Å². The first-order valence-corrected chi connectivity index (χ1v) is 12.1. The van der Waals surface area contributed by atoms with Gasteiger partial charge in [-0.25, -0.2) is 15.0 Å². The molecule has 0 aliphatic rings. The molecule has 0 radical (unpaired) electrons. The second-order valence-corrected chi connectivity index (χ2v) is 10.2. The van der Waals surface area contributed by atoms with Crippen molar-refractivity contribution in [3.8, 4) is 0 Å². The molecule has 9 heteroatoms. The van der Waals surface area contributed by atoms with Crippen LogP contribution in [-0.4, -0.2) is 45.5 Å². The van der Waals surface area contributed by atoms with E-state index in [1.807, 2.05) is 24.1 Å². The lowest BCUT2D eigenvalue weighted by molar-refractivity contribution is 0.245. The van der Waals surface area contributed by atoms with Gasteiger partial charge < -0.3 is 15.7 Å². The molecule has 0 amide bonds. The van der Waals surface area contributed by atoms with Gasteiger partial charge >= 0.3 is 0 Å². The number of aryl methyl sites for hydroxylation is 1. The Hall–Kier alpha value is -1.42. The number of likely N-dealkylation sites (N-methyl/N-ethyl adjacent to an activating group) is 1. The number of nitrogen functional groups attached to an aromatic ring is 1. The van der Waals surface area contributed by atoms with Crippen molar-refractivity contribution in [2.24, 2.45) is 5.92 Å². The number of nitrogens with zero attached hydrogens (tertiary/aromatic N) is 4. The maximum Gasteiger partial charge on any atom is 0.191 e. The molecule has 6 nitrogen and oxygen atoms in total. The van der Waals surface area contributed by atoms with Crippen LogP contribution in [0, 0.1) is 5.92 Å². The molecular weight excluding hydrogens is 470 g/mol. The van der Waals surface area contributed by atoms with Gasteiger partial charge in [0.25, 0.3) is 0 Å². The topological polar surface area (TPSA) is 88.2 Å². The number of fused-ring (bicyclic) bond motifs is 1. The Kier molecular flexibility index (Phi) is 7.72. The average molecular weight is 497 g/mol. The van der Waals surface area contributed by atoms with Crippen LogP contribution in [0.4, 0.5) is 10.9 Å². The first-order chi connectivity index (χ1) is 13.9. The lowest BCUT2D eigenvalue weighted by atomic mass is 10.0. The van der Waals surface area contributed by atoms with Gasteiger partial charge in [0.1, 0.15) is 4.70 Å². The van der Waals surface area contributed by atoms with Crippen molar-refractivity contribution in [1.29, 1.82) is 0 Å². The minimum Gasteiger partial charge on any atom is -0.394 e. The van der Waals surface area contributed by atoms with Gasteiger partial charge in [-0.2, -0.15) is 0 Å². The molecule has 0 aliphatic heterocycles. The number of benzene rings is 1. The highest BCUT2D eigenvalue weighted by Crippen LogP contribution is 2.34. The molecule has 0 spiro atoms. The Bertz CT molecular complexity index is 965. The van der Waals surface area contributed by atoms with E-state index in [9.17, 15) is 5.11 Å². The average Bonchev–Trinajstić information content (AvgIpc) is 3.06. The predicted octanol–water partition coefficient (Wildman–Crippen LogP) is 4.61. The summed E-state index contributed by atoms with van der Waals surface area (Å²) in [5, 5.41) is 11.1. The molecule has 2 aromatic heterocycles. The zero-order valence-corrected chi connectivity index (χ0v) is 20.0. The van der Waals surface area contributed by atoms with Crippen molar-refractivity contribution in [1.82, 2.24) is 15.0 Å². The number of hydrogen-bond donors (Lipinski definition) is 2. The molecule has 0 fully saturated rings. The number of thioether (sulfide) groups is 1. The second kappa shape index (κ2) is 10.1. The summed E-state index contributed by atoms with van der Waals surface area (Å²) in [7, 11) is 1.97. The molecule has 1 atom stereocenters. The molecule has 156 valence electrons. The van der Waals surface area contributed by atoms with E-state index in [0.717, 1.165) is 33.6 Å². The number of halogens is 1. The zero-order chi connectivity index (χ0) is 21.0. The number of thiazole rings is 1. The standard InChI is InChI=1S/C20H26BrN5OS2/c1-12(2)10-14(11-27)26(3)18-16-17(23-19(22)29-16)24-20(25-18)28-9-8-13-6-4-5-7-15(13)21/h4-7,12,14,27H,8-11H2,1-3H3,(H2,22,23,24,25)/t14-/m1/s1. The number of aliphatic hydroxyl groups is 1. The highest BCUT2D eigenvalue weighted by molar-refractivity contribution is 9.10. The van der Waals surface area contributed by atoms with E-state index in [-0.39, 0.29) is 12.6 Å². The quantitative estimate of drug-likeness (QED) is 0.330. The summed E-state index contributed by atoms with van der Waals surface area (Å²) in [6, 6.07) is 8.21. The summed E-state index contributed by atoms with van der Waals surface area (Å²) in [5.41, 5.74) is 7.83. The minimum absolute atomic E-state index is 0.0189. The van der Waals surface area contributed by atoms with Crippen LogP contribution in [0.3, 0.4) is 0 Å². The normalized spacial score (nSPS) is 12.6. The van der Waals surface area contributed by atoms with Crippen LogP contribution in [0.5, 0.6) is 0 Å². The van der Waals surface area contributed by atoms with Crippen molar-refractivity contribution in [2.75, 3.05) is 30.0 Å². The Morgan fingerprint density at radius 1 is 1.24 bits per heavy atom. The van der Waals surface area contributed by atoms with E-state index in [0.29, 0.717) is 21.9 Å². The van der Waals surface area contributed by atoms with Gasteiger partial charge in [0, 0.05) is 17.3 Å². The summed E-state index contributed by atoms with van der Waals surface area (Å²) >= 11 is 6.59. The van der Waals surface area contributed by atoms with E-state index in [1.165, 1.54) is 16.9 Å². The number of rotatable bonds is 9. The highest BCUT2D eigenvalue weighted by Gasteiger charge is 2.22. The second-order valence-electron chi connectivity index (χ2n) is 7.30. The van der Waals surface area contributed by atoms with Gasteiger partial charge in [-0.1, -0.05) is 71.1 Å². The summed E-state index contributed by atoms with van der Waals surface area (Å²) in [4.78, 5) is 15.8. The van der Waals surface area contributed by atoms with Gasteiger partial charge in [-0.15, -0.1) is 0 Å². The van der Waals surface area contributed by atoms with Gasteiger partial charge in [0.15, 0.2) is 21.8 Å². The van der Waals surface area contributed by atoms with Crippen molar-refractivity contribution in [3.63, 3.8) is 0 Å². The number of hydrogen-bond acceptors (Lipinski definition) is 8. The minimum atomic E-state index is -0.0189. The monoisotopic (exact) mass is 495 g/mol. The van der Waals surface area contributed by atoms with Gasteiger partial charge in [0.05, 0.1) is 12.6 Å². The van der Waals surface area contributed by atoms with Crippen molar-refractivity contribution in [3.05, 3.63) is 34.3 Å². The number of nitrogens with two attached hydrogens (primary N) is 1. The Balaban J connectivity index is 1.84. The molecule has 3 N–H and O–H groups in total. The molecular formula is C20H26BrN5OS2. The maximum atomic E-state index is 9.92. The van der Waals surface area contributed by atoms with Gasteiger partial charge in [0.2, 0.25) is 0 Å². The molecule has 0 bridgehead atoms. The molecule has 0 saturated heterocycles. The molecule has 3 rings (SSSR count). The molecule has 1 aromatic carbocycles. The van der Waals surface area contributed by atoms with Crippen molar-refractivity contribution >= 4 is 60.3 Å². The lowest BCUT2D eigenvalue weighted by Gasteiger charge is -2.29. The third kappa shape index (κ3) is 5.59. The summed E-state index contributed by atoms with van der Waals surface area (Å²) in [5.74, 6) is 2.11. The van der Waals surface area contributed by atoms with Crippen LogP contribution in [0.1, 0.15) is 25.8 Å². The highest BCUT2D eigenvalue weighted by atomic mass is 79.9. The zero-order valence-electron chi connectivity index (χ0n) is 16.8. The molecule has 0 aliphatic carbocycles. The number of aliphatic hydroxyl groups excluding tert-OH is 1. The van der Waals surface area contributed by atoms with Crippen LogP contribution in [0.2, 0.25) is 0 Å². The van der Waals surface area contributed by atoms with Crippen LogP contribution in [0.15, 0.2) is 33.9 Å². The van der Waals surface area contributed by atoms with Crippen molar-refractivity contribution < 1.29 is 5.11 Å². The molecule has 0 unspecified atom stereocenters. The van der Waals surface area contributed by atoms with Crippen molar-refractivity contribution in [2.45, 2.75) is 37.9 Å². The third-order valence-electron chi connectivity index (χ3n) is 4.63. The first-order valence-electron chi connectivity index (χ1n) is 9.53. The molecule has 2 heterocycles. The predicted molar refractivity (Wildman–Crippen MR) is 127 cm³/mol. The maximum absolute atomic E-state index is 9.92. The van der Waals surface area contributed by atoms with Gasteiger partial charge in [-0.3, -0.25) is 0 Å². The number of aromatic nitrogens is 3. The fourth-order valence-electron chi connectivity index (χ4n) is 3.14. The number of anilines is 2. The molecule has 0 saturated carbocycles. The van der Waals surface area contributed by atoms with Crippen LogP contribution in [0.25, 0.3) is 10.3 Å². The first kappa shape index (κ1) is 22.3. The Morgan fingerprint density at radius 2 is 2.00 bits per heavy atom. The summed E-state index contributed by atoms with van der Waals surface area (Å²) in [6.45, 7) is 4.37. The van der Waals surface area contributed by atoms with E-state index in [1.54, 1.807) is 11.8 Å². The lowest BCUT2D eigenvalue weighted by Crippen LogP contribution is -2.36. The van der Waals surface area contributed by atoms with Gasteiger partial charge in [-0.05, 0) is 30.4 Å². The summed E-state index contributed by atoms with van der Waals surface area (Å²) < 4.78 is 1.98. The Morgan fingerprint density at radius 3 is 2.69 bits per heavy atom. The molecule has 3 aromatic rings.